The average Bonchev–Trinajstić information content (AvgIpc) is 2.37. The van der Waals surface area contributed by atoms with Gasteiger partial charge in [0, 0.05) is 6.07 Å². The Morgan fingerprint density at radius 3 is 2.37 bits per heavy atom. The first kappa shape index (κ1) is 13.3. The number of hydrogen-bond donors (Lipinski definition) is 1. The molecule has 0 saturated heterocycles. The topological polar surface area (TPSA) is 29.5 Å². The van der Waals surface area contributed by atoms with E-state index in [4.69, 9.17) is 4.74 Å². The smallest absolute Gasteiger partial charge is 0.417 e. The van der Waals surface area contributed by atoms with E-state index < -0.39 is 11.7 Å². The van der Waals surface area contributed by atoms with Crippen molar-refractivity contribution in [3.05, 3.63) is 48.0 Å². The molecular formula is C14H11F3O2. The Bertz CT molecular complexity index is 591. The highest BCUT2D eigenvalue weighted by Gasteiger charge is 2.33. The van der Waals surface area contributed by atoms with Crippen LogP contribution in [0.5, 0.6) is 11.5 Å². The monoisotopic (exact) mass is 268 g/mol. The molecule has 5 heteroatoms. The second-order valence-electron chi connectivity index (χ2n) is 3.96. The van der Waals surface area contributed by atoms with Crippen molar-refractivity contribution in [3.8, 4) is 22.6 Å². The SMILES string of the molecule is COc1cc(O)cc(-c2ccccc2C(F)(F)F)c1. The molecule has 0 spiro atoms. The number of alkyl halides is 3. The molecule has 0 aliphatic rings. The molecule has 0 saturated carbocycles. The number of methoxy groups -OCH3 is 1. The minimum absolute atomic E-state index is 0.00389. The number of hydrogen-bond acceptors (Lipinski definition) is 2. The molecule has 0 heterocycles. The number of aromatic hydroxyl groups is 1. The predicted octanol–water partition coefficient (Wildman–Crippen LogP) is 4.09. The van der Waals surface area contributed by atoms with Crippen LogP contribution in [0.2, 0.25) is 0 Å². The maximum atomic E-state index is 12.9. The third kappa shape index (κ3) is 2.81. The Morgan fingerprint density at radius 2 is 1.74 bits per heavy atom. The lowest BCUT2D eigenvalue weighted by atomic mass is 9.99. The van der Waals surface area contributed by atoms with Crippen LogP contribution < -0.4 is 4.74 Å². The number of ether oxygens (including phenoxy) is 1. The molecule has 2 aromatic rings. The number of halogens is 3. The third-order valence-electron chi connectivity index (χ3n) is 2.67. The summed E-state index contributed by atoms with van der Waals surface area (Å²) in [5, 5.41) is 9.52. The van der Waals surface area contributed by atoms with Crippen LogP contribution in [-0.4, -0.2) is 12.2 Å². The summed E-state index contributed by atoms with van der Waals surface area (Å²) >= 11 is 0. The fraction of sp³-hybridized carbons (Fsp3) is 0.143. The molecule has 0 fully saturated rings. The molecule has 19 heavy (non-hydrogen) atoms. The molecular weight excluding hydrogens is 257 g/mol. The summed E-state index contributed by atoms with van der Waals surface area (Å²) in [7, 11) is 1.38. The first-order chi connectivity index (χ1) is 8.91. The Kier molecular flexibility index (Phi) is 3.38. The van der Waals surface area contributed by atoms with Gasteiger partial charge in [0.25, 0.3) is 0 Å². The van der Waals surface area contributed by atoms with Crippen molar-refractivity contribution in [2.24, 2.45) is 0 Å². The standard InChI is InChI=1S/C14H11F3O2/c1-19-11-7-9(6-10(18)8-11)12-4-2-3-5-13(12)14(15,16)17/h2-8,18H,1H3. The van der Waals surface area contributed by atoms with Crippen LogP contribution in [-0.2, 0) is 6.18 Å². The molecule has 0 aliphatic carbocycles. The molecule has 0 radical (unpaired) electrons. The summed E-state index contributed by atoms with van der Waals surface area (Å²) in [5.74, 6) is 0.151. The van der Waals surface area contributed by atoms with Crippen molar-refractivity contribution in [1.29, 1.82) is 0 Å². The van der Waals surface area contributed by atoms with E-state index in [0.29, 0.717) is 5.75 Å². The zero-order valence-corrected chi connectivity index (χ0v) is 10.0. The molecule has 0 atom stereocenters. The van der Waals surface area contributed by atoms with Crippen molar-refractivity contribution >= 4 is 0 Å². The molecule has 2 rings (SSSR count). The summed E-state index contributed by atoms with van der Waals surface area (Å²) in [6.45, 7) is 0. The second-order valence-corrected chi connectivity index (χ2v) is 3.96. The largest absolute Gasteiger partial charge is 0.508 e. The fourth-order valence-electron chi connectivity index (χ4n) is 1.84. The van der Waals surface area contributed by atoms with Crippen molar-refractivity contribution in [1.82, 2.24) is 0 Å². The number of phenolic OH excluding ortho intramolecular Hbond substituents is 1. The van der Waals surface area contributed by atoms with Gasteiger partial charge >= 0.3 is 6.18 Å². The van der Waals surface area contributed by atoms with Gasteiger partial charge in [0.1, 0.15) is 11.5 Å². The highest BCUT2D eigenvalue weighted by Crippen LogP contribution is 2.38. The lowest BCUT2D eigenvalue weighted by Crippen LogP contribution is -2.06. The Balaban J connectivity index is 2.62. The fourth-order valence-corrected chi connectivity index (χ4v) is 1.84. The van der Waals surface area contributed by atoms with Crippen LogP contribution in [0.25, 0.3) is 11.1 Å². The van der Waals surface area contributed by atoms with E-state index in [0.717, 1.165) is 6.07 Å². The Hall–Kier alpha value is -2.17. The maximum absolute atomic E-state index is 12.9. The van der Waals surface area contributed by atoms with Crippen LogP contribution in [0.1, 0.15) is 5.56 Å². The lowest BCUT2D eigenvalue weighted by Gasteiger charge is -2.13. The zero-order chi connectivity index (χ0) is 14.0. The van der Waals surface area contributed by atoms with Crippen LogP contribution in [0, 0.1) is 0 Å². The highest BCUT2D eigenvalue weighted by atomic mass is 19.4. The molecule has 0 amide bonds. The van der Waals surface area contributed by atoms with E-state index in [-0.39, 0.29) is 16.9 Å². The van der Waals surface area contributed by atoms with Gasteiger partial charge in [0.05, 0.1) is 12.7 Å². The summed E-state index contributed by atoms with van der Waals surface area (Å²) in [6, 6.07) is 9.26. The zero-order valence-electron chi connectivity index (χ0n) is 10.0. The van der Waals surface area contributed by atoms with Crippen LogP contribution in [0.3, 0.4) is 0 Å². The van der Waals surface area contributed by atoms with Gasteiger partial charge in [-0.3, -0.25) is 0 Å². The number of rotatable bonds is 2. The van der Waals surface area contributed by atoms with Gasteiger partial charge in [-0.25, -0.2) is 0 Å². The van der Waals surface area contributed by atoms with E-state index in [1.54, 1.807) is 0 Å². The van der Waals surface area contributed by atoms with Gasteiger partial charge in [-0.15, -0.1) is 0 Å². The van der Waals surface area contributed by atoms with E-state index >= 15 is 0 Å². The average molecular weight is 268 g/mol. The highest BCUT2D eigenvalue weighted by molar-refractivity contribution is 5.71. The number of benzene rings is 2. The summed E-state index contributed by atoms with van der Waals surface area (Å²) < 4.78 is 43.7. The lowest BCUT2D eigenvalue weighted by molar-refractivity contribution is -0.137. The van der Waals surface area contributed by atoms with Crippen molar-refractivity contribution in [2.75, 3.05) is 7.11 Å². The van der Waals surface area contributed by atoms with E-state index in [2.05, 4.69) is 0 Å². The van der Waals surface area contributed by atoms with Gasteiger partial charge in [-0.05, 0) is 29.3 Å². The first-order valence-electron chi connectivity index (χ1n) is 5.46. The van der Waals surface area contributed by atoms with Crippen molar-refractivity contribution in [2.45, 2.75) is 6.18 Å². The molecule has 2 nitrogen and oxygen atoms in total. The van der Waals surface area contributed by atoms with E-state index in [1.165, 1.54) is 43.5 Å². The molecule has 100 valence electrons. The summed E-state index contributed by atoms with van der Waals surface area (Å²) in [6.07, 6.45) is -4.45. The molecule has 0 bridgehead atoms. The van der Waals surface area contributed by atoms with Gasteiger partial charge < -0.3 is 9.84 Å². The quantitative estimate of drug-likeness (QED) is 0.889. The Labute approximate surface area is 108 Å². The van der Waals surface area contributed by atoms with Crippen LogP contribution >= 0.6 is 0 Å². The third-order valence-corrected chi connectivity index (χ3v) is 2.67. The second kappa shape index (κ2) is 4.84. The number of phenols is 1. The van der Waals surface area contributed by atoms with Crippen LogP contribution in [0.4, 0.5) is 13.2 Å². The molecule has 0 aliphatic heterocycles. The van der Waals surface area contributed by atoms with Gasteiger partial charge in [0.15, 0.2) is 0 Å². The normalized spacial score (nSPS) is 11.4. The first-order valence-corrected chi connectivity index (χ1v) is 5.46. The van der Waals surface area contributed by atoms with Gasteiger partial charge in [-0.2, -0.15) is 13.2 Å². The van der Waals surface area contributed by atoms with E-state index in [9.17, 15) is 18.3 Å². The van der Waals surface area contributed by atoms with Gasteiger partial charge in [-0.1, -0.05) is 18.2 Å². The van der Waals surface area contributed by atoms with Gasteiger partial charge in [0.2, 0.25) is 0 Å². The molecule has 0 aromatic heterocycles. The minimum Gasteiger partial charge on any atom is -0.508 e. The van der Waals surface area contributed by atoms with E-state index in [1.807, 2.05) is 0 Å². The maximum Gasteiger partial charge on any atom is 0.417 e. The molecule has 2 aromatic carbocycles. The molecule has 0 unspecified atom stereocenters. The minimum atomic E-state index is -4.45. The predicted molar refractivity (Wildman–Crippen MR) is 65.1 cm³/mol. The van der Waals surface area contributed by atoms with Crippen molar-refractivity contribution < 1.29 is 23.0 Å². The van der Waals surface area contributed by atoms with Crippen LogP contribution in [0.15, 0.2) is 42.5 Å². The summed E-state index contributed by atoms with van der Waals surface area (Å²) in [5.41, 5.74) is -0.489. The molecule has 1 N–H and O–H groups in total. The summed E-state index contributed by atoms with van der Waals surface area (Å²) in [4.78, 5) is 0. The van der Waals surface area contributed by atoms with Crippen molar-refractivity contribution in [3.63, 3.8) is 0 Å². The Morgan fingerprint density at radius 1 is 1.05 bits per heavy atom.